The molecule has 2 N–H and O–H groups in total. The molecule has 1 amide bonds. The van der Waals surface area contributed by atoms with Gasteiger partial charge in [0.05, 0.1) is 12.1 Å². The van der Waals surface area contributed by atoms with Crippen LogP contribution in [0.5, 0.6) is 0 Å². The van der Waals surface area contributed by atoms with Gasteiger partial charge in [0, 0.05) is 6.42 Å². The molecule has 3 heteroatoms. The van der Waals surface area contributed by atoms with Gasteiger partial charge in [-0.1, -0.05) is 0 Å². The van der Waals surface area contributed by atoms with Crippen LogP contribution in [0.25, 0.3) is 0 Å². The quantitative estimate of drug-likeness (QED) is 0.653. The van der Waals surface area contributed by atoms with Crippen molar-refractivity contribution in [3.8, 4) is 0 Å². The van der Waals surface area contributed by atoms with Crippen LogP contribution in [0.15, 0.2) is 0 Å². The summed E-state index contributed by atoms with van der Waals surface area (Å²) in [4.78, 5) is 11.2. The smallest absolute Gasteiger partial charge is 0.220 e. The van der Waals surface area contributed by atoms with Gasteiger partial charge in [-0.3, -0.25) is 4.79 Å². The molecular weight excluding hydrogens is 154 g/mol. The molecule has 0 bridgehead atoms. The molecule has 1 rings (SSSR count). The lowest BCUT2D eigenvalue weighted by atomic mass is 10.1. The first-order chi connectivity index (χ1) is 5.53. The van der Waals surface area contributed by atoms with Crippen molar-refractivity contribution in [2.75, 3.05) is 6.61 Å². The summed E-state index contributed by atoms with van der Waals surface area (Å²) < 4.78 is 0. The lowest BCUT2D eigenvalue weighted by molar-refractivity contribution is -0.123. The lowest BCUT2D eigenvalue weighted by Crippen LogP contribution is -2.46. The summed E-state index contributed by atoms with van der Waals surface area (Å²) in [5.41, 5.74) is -0.466. The molecule has 0 aromatic heterocycles. The average molecular weight is 171 g/mol. The number of aliphatic hydroxyl groups is 1. The molecule has 0 atom stereocenters. The second-order valence-electron chi connectivity index (χ2n) is 4.24. The first-order valence-corrected chi connectivity index (χ1v) is 4.45. The molecule has 0 radical (unpaired) electrons. The Labute approximate surface area is 73.2 Å². The van der Waals surface area contributed by atoms with Gasteiger partial charge in [0.15, 0.2) is 0 Å². The van der Waals surface area contributed by atoms with E-state index in [4.69, 9.17) is 5.11 Å². The Morgan fingerprint density at radius 2 is 2.17 bits per heavy atom. The van der Waals surface area contributed by atoms with Crippen LogP contribution >= 0.6 is 0 Å². The highest BCUT2D eigenvalue weighted by Crippen LogP contribution is 2.32. The molecule has 0 spiro atoms. The number of carbonyl (C=O) groups is 1. The number of rotatable bonds is 4. The van der Waals surface area contributed by atoms with E-state index >= 15 is 0 Å². The number of amides is 1. The largest absolute Gasteiger partial charge is 0.394 e. The van der Waals surface area contributed by atoms with Crippen LogP contribution < -0.4 is 5.32 Å². The maximum Gasteiger partial charge on any atom is 0.220 e. The van der Waals surface area contributed by atoms with Crippen molar-refractivity contribution in [3.63, 3.8) is 0 Å². The Balaban J connectivity index is 2.23. The number of aliphatic hydroxyl groups excluding tert-OH is 1. The fourth-order valence-corrected chi connectivity index (χ4v) is 1.05. The van der Waals surface area contributed by atoms with Crippen LogP contribution in [0.4, 0.5) is 0 Å². The van der Waals surface area contributed by atoms with Crippen molar-refractivity contribution >= 4 is 5.91 Å². The highest BCUT2D eigenvalue weighted by atomic mass is 16.3. The predicted octanol–water partition coefficient (Wildman–Crippen LogP) is 0.674. The fraction of sp³-hybridized carbons (Fsp3) is 0.889. The van der Waals surface area contributed by atoms with Gasteiger partial charge in [0.2, 0.25) is 5.91 Å². The van der Waals surface area contributed by atoms with Gasteiger partial charge in [0.25, 0.3) is 0 Å². The predicted molar refractivity (Wildman–Crippen MR) is 46.6 cm³/mol. The highest BCUT2D eigenvalue weighted by Gasteiger charge is 2.27. The fourth-order valence-electron chi connectivity index (χ4n) is 1.05. The highest BCUT2D eigenvalue weighted by molar-refractivity contribution is 5.77. The van der Waals surface area contributed by atoms with Crippen LogP contribution in [0.3, 0.4) is 0 Å². The molecule has 12 heavy (non-hydrogen) atoms. The average Bonchev–Trinajstić information content (AvgIpc) is 2.70. The van der Waals surface area contributed by atoms with E-state index in [1.165, 1.54) is 12.8 Å². The van der Waals surface area contributed by atoms with E-state index in [0.29, 0.717) is 12.3 Å². The lowest BCUT2D eigenvalue weighted by Gasteiger charge is -2.23. The SMILES string of the molecule is CC(C)(CO)NC(=O)CC1CC1. The topological polar surface area (TPSA) is 49.3 Å². The zero-order valence-corrected chi connectivity index (χ0v) is 7.76. The minimum Gasteiger partial charge on any atom is -0.394 e. The molecule has 0 saturated heterocycles. The Kier molecular flexibility index (Phi) is 2.73. The summed E-state index contributed by atoms with van der Waals surface area (Å²) >= 11 is 0. The van der Waals surface area contributed by atoms with Crippen LogP contribution in [0.2, 0.25) is 0 Å². The molecule has 1 saturated carbocycles. The first-order valence-electron chi connectivity index (χ1n) is 4.45. The summed E-state index contributed by atoms with van der Waals surface area (Å²) in [5.74, 6) is 0.677. The Bertz CT molecular complexity index is 173. The van der Waals surface area contributed by atoms with E-state index in [-0.39, 0.29) is 12.5 Å². The van der Waals surface area contributed by atoms with Crippen LogP contribution in [-0.4, -0.2) is 23.2 Å². The molecule has 0 aromatic rings. The summed E-state index contributed by atoms with van der Waals surface area (Å²) in [6.45, 7) is 3.62. The summed E-state index contributed by atoms with van der Waals surface area (Å²) in [5, 5.41) is 11.7. The molecule has 1 aliphatic rings. The summed E-state index contributed by atoms with van der Waals surface area (Å²) in [6.07, 6.45) is 3.00. The van der Waals surface area contributed by atoms with Crippen molar-refractivity contribution < 1.29 is 9.90 Å². The third kappa shape index (κ3) is 3.22. The van der Waals surface area contributed by atoms with Crippen molar-refractivity contribution in [2.24, 2.45) is 5.92 Å². The number of nitrogens with one attached hydrogen (secondary N) is 1. The summed E-state index contributed by atoms with van der Waals surface area (Å²) in [6, 6.07) is 0. The van der Waals surface area contributed by atoms with Crippen molar-refractivity contribution in [2.45, 2.75) is 38.6 Å². The normalized spacial score (nSPS) is 17.6. The monoisotopic (exact) mass is 171 g/mol. The number of hydrogen-bond donors (Lipinski definition) is 2. The zero-order valence-electron chi connectivity index (χ0n) is 7.76. The van der Waals surface area contributed by atoms with Gasteiger partial charge < -0.3 is 10.4 Å². The number of hydrogen-bond acceptors (Lipinski definition) is 2. The van der Waals surface area contributed by atoms with Crippen molar-refractivity contribution in [1.29, 1.82) is 0 Å². The third-order valence-electron chi connectivity index (χ3n) is 2.04. The Morgan fingerprint density at radius 1 is 1.58 bits per heavy atom. The molecule has 0 heterocycles. The Hall–Kier alpha value is -0.570. The van der Waals surface area contributed by atoms with Gasteiger partial charge in [-0.25, -0.2) is 0 Å². The van der Waals surface area contributed by atoms with Crippen LogP contribution in [0, 0.1) is 5.92 Å². The Morgan fingerprint density at radius 3 is 2.58 bits per heavy atom. The first kappa shape index (κ1) is 9.52. The van der Waals surface area contributed by atoms with Gasteiger partial charge in [0.1, 0.15) is 0 Å². The molecule has 0 aromatic carbocycles. The van der Waals surface area contributed by atoms with Crippen molar-refractivity contribution in [1.82, 2.24) is 5.32 Å². The van der Waals surface area contributed by atoms with Crippen LogP contribution in [-0.2, 0) is 4.79 Å². The van der Waals surface area contributed by atoms with Gasteiger partial charge in [-0.05, 0) is 32.6 Å². The molecule has 1 aliphatic carbocycles. The molecule has 0 aliphatic heterocycles. The standard InChI is InChI=1S/C9H17NO2/c1-9(2,6-11)10-8(12)5-7-3-4-7/h7,11H,3-6H2,1-2H3,(H,10,12). The molecular formula is C9H17NO2. The maximum absolute atomic E-state index is 11.2. The molecule has 3 nitrogen and oxygen atoms in total. The minimum atomic E-state index is -0.466. The van der Waals surface area contributed by atoms with Gasteiger partial charge in [-0.2, -0.15) is 0 Å². The van der Waals surface area contributed by atoms with E-state index in [2.05, 4.69) is 5.32 Å². The summed E-state index contributed by atoms with van der Waals surface area (Å²) in [7, 11) is 0. The van der Waals surface area contributed by atoms with Crippen LogP contribution in [0.1, 0.15) is 33.1 Å². The van der Waals surface area contributed by atoms with E-state index in [1.54, 1.807) is 0 Å². The van der Waals surface area contributed by atoms with Gasteiger partial charge >= 0.3 is 0 Å². The van der Waals surface area contributed by atoms with E-state index in [1.807, 2.05) is 13.8 Å². The van der Waals surface area contributed by atoms with E-state index < -0.39 is 5.54 Å². The van der Waals surface area contributed by atoms with E-state index in [9.17, 15) is 4.79 Å². The minimum absolute atomic E-state index is 0.0105. The zero-order chi connectivity index (χ0) is 9.19. The third-order valence-corrected chi connectivity index (χ3v) is 2.04. The second-order valence-corrected chi connectivity index (χ2v) is 4.24. The second kappa shape index (κ2) is 3.44. The number of carbonyl (C=O) groups excluding carboxylic acids is 1. The molecule has 1 fully saturated rings. The van der Waals surface area contributed by atoms with E-state index in [0.717, 1.165) is 0 Å². The van der Waals surface area contributed by atoms with Gasteiger partial charge in [-0.15, -0.1) is 0 Å². The molecule has 0 unspecified atom stereocenters. The van der Waals surface area contributed by atoms with Crippen molar-refractivity contribution in [3.05, 3.63) is 0 Å². The maximum atomic E-state index is 11.2. The molecule has 70 valence electrons.